The number of furan rings is 1. The molecule has 7 heteroatoms. The Morgan fingerprint density at radius 2 is 1.92 bits per heavy atom. The van der Waals surface area contributed by atoms with Gasteiger partial charge in [0.15, 0.2) is 11.3 Å². The van der Waals surface area contributed by atoms with Gasteiger partial charge in [-0.25, -0.2) is 0 Å². The Labute approximate surface area is 149 Å². The zero-order valence-corrected chi connectivity index (χ0v) is 14.7. The zero-order valence-electron chi connectivity index (χ0n) is 13.2. The molecule has 0 aliphatic carbocycles. The first-order chi connectivity index (χ1) is 11.6. The van der Waals surface area contributed by atoms with Crippen LogP contribution < -0.4 is 10.5 Å². The molecule has 0 radical (unpaired) electrons. The Kier molecular flexibility index (Phi) is 6.06. The number of carbonyl (C=O) groups excluding carboxylic acids is 1. The number of amides is 1. The SMILES string of the molecule is CCc1cc2c(-c3c(Cl)cncc3Cl)ccc(OC)c2o1.NC=O. The number of methoxy groups -OCH3 is 1. The van der Waals surface area contributed by atoms with Crippen molar-refractivity contribution >= 4 is 40.6 Å². The lowest BCUT2D eigenvalue weighted by molar-refractivity contribution is -0.106. The molecule has 0 aliphatic rings. The molecule has 0 unspecified atom stereocenters. The lowest BCUT2D eigenvalue weighted by Gasteiger charge is -2.09. The van der Waals surface area contributed by atoms with E-state index < -0.39 is 0 Å². The van der Waals surface area contributed by atoms with Crippen molar-refractivity contribution in [2.45, 2.75) is 13.3 Å². The third-order valence-electron chi connectivity index (χ3n) is 3.39. The minimum Gasteiger partial charge on any atom is -0.493 e. The number of fused-ring (bicyclic) bond motifs is 1. The van der Waals surface area contributed by atoms with Crippen molar-refractivity contribution in [2.75, 3.05) is 7.11 Å². The van der Waals surface area contributed by atoms with Gasteiger partial charge in [0.1, 0.15) is 5.76 Å². The molecular weight excluding hydrogens is 351 g/mol. The van der Waals surface area contributed by atoms with Gasteiger partial charge >= 0.3 is 0 Å². The summed E-state index contributed by atoms with van der Waals surface area (Å²) in [7, 11) is 1.62. The summed E-state index contributed by atoms with van der Waals surface area (Å²) < 4.78 is 11.2. The second-order valence-electron chi connectivity index (χ2n) is 4.74. The van der Waals surface area contributed by atoms with Crippen LogP contribution in [0, 0.1) is 0 Å². The lowest BCUT2D eigenvalue weighted by Crippen LogP contribution is -1.87. The number of carbonyl (C=O) groups is 1. The van der Waals surface area contributed by atoms with Gasteiger partial charge in [-0.3, -0.25) is 9.78 Å². The summed E-state index contributed by atoms with van der Waals surface area (Å²) in [6.07, 6.45) is 4.22. The summed E-state index contributed by atoms with van der Waals surface area (Å²) >= 11 is 12.5. The highest BCUT2D eigenvalue weighted by Gasteiger charge is 2.17. The molecule has 126 valence electrons. The Bertz CT molecular complexity index is 842. The number of primary amides is 1. The molecule has 1 amide bonds. The summed E-state index contributed by atoms with van der Waals surface area (Å²) in [4.78, 5) is 12.6. The topological polar surface area (TPSA) is 78.3 Å². The number of ether oxygens (including phenoxy) is 1. The maximum Gasteiger partial charge on any atom is 0.204 e. The van der Waals surface area contributed by atoms with E-state index in [0.29, 0.717) is 21.4 Å². The molecule has 0 spiro atoms. The van der Waals surface area contributed by atoms with E-state index in [4.69, 9.17) is 37.2 Å². The van der Waals surface area contributed by atoms with Crippen molar-refractivity contribution in [3.05, 3.63) is 46.4 Å². The van der Waals surface area contributed by atoms with Gasteiger partial charge < -0.3 is 14.9 Å². The number of halogens is 2. The van der Waals surface area contributed by atoms with Gasteiger partial charge in [0, 0.05) is 29.8 Å². The lowest BCUT2D eigenvalue weighted by atomic mass is 10.0. The van der Waals surface area contributed by atoms with Crippen molar-refractivity contribution < 1.29 is 13.9 Å². The number of pyridine rings is 1. The highest BCUT2D eigenvalue weighted by Crippen LogP contribution is 2.41. The molecule has 24 heavy (non-hydrogen) atoms. The van der Waals surface area contributed by atoms with Crippen LogP contribution in [0.1, 0.15) is 12.7 Å². The van der Waals surface area contributed by atoms with Gasteiger partial charge in [-0.1, -0.05) is 30.1 Å². The molecule has 3 aromatic rings. The predicted octanol–water partition coefficient (Wildman–Crippen LogP) is 4.47. The molecule has 0 fully saturated rings. The predicted molar refractivity (Wildman–Crippen MR) is 95.6 cm³/mol. The Hall–Kier alpha value is -2.24. The largest absolute Gasteiger partial charge is 0.493 e. The van der Waals surface area contributed by atoms with Gasteiger partial charge in [0.2, 0.25) is 6.41 Å². The number of benzene rings is 1. The van der Waals surface area contributed by atoms with Crippen LogP contribution in [0.5, 0.6) is 5.75 Å². The van der Waals surface area contributed by atoms with E-state index in [-0.39, 0.29) is 6.41 Å². The molecular formula is C17H16Cl2N2O3. The molecule has 2 N–H and O–H groups in total. The van der Waals surface area contributed by atoms with Crippen LogP contribution in [0.3, 0.4) is 0 Å². The van der Waals surface area contributed by atoms with Crippen LogP contribution in [0.15, 0.2) is 35.0 Å². The fourth-order valence-corrected chi connectivity index (χ4v) is 2.94. The highest BCUT2D eigenvalue weighted by atomic mass is 35.5. The first kappa shape index (κ1) is 18.1. The van der Waals surface area contributed by atoms with Crippen LogP contribution in [-0.2, 0) is 11.2 Å². The van der Waals surface area contributed by atoms with E-state index in [1.165, 1.54) is 0 Å². The Morgan fingerprint density at radius 3 is 2.46 bits per heavy atom. The third kappa shape index (κ3) is 3.47. The Morgan fingerprint density at radius 1 is 1.29 bits per heavy atom. The summed E-state index contributed by atoms with van der Waals surface area (Å²) in [5.74, 6) is 1.58. The number of hydrogen-bond acceptors (Lipinski definition) is 4. The minimum absolute atomic E-state index is 0.250. The van der Waals surface area contributed by atoms with E-state index in [1.807, 2.05) is 25.1 Å². The van der Waals surface area contributed by atoms with Crippen LogP contribution in [0.25, 0.3) is 22.1 Å². The van der Waals surface area contributed by atoms with Gasteiger partial charge in [-0.05, 0) is 23.8 Å². The Balaban J connectivity index is 0.000000647. The first-order valence-corrected chi connectivity index (χ1v) is 7.87. The molecule has 0 saturated heterocycles. The van der Waals surface area contributed by atoms with Crippen molar-refractivity contribution in [1.82, 2.24) is 4.98 Å². The molecule has 2 aromatic heterocycles. The number of rotatable bonds is 3. The number of aryl methyl sites for hydroxylation is 1. The average Bonchev–Trinajstić information content (AvgIpc) is 3.00. The van der Waals surface area contributed by atoms with Gasteiger partial charge in [-0.2, -0.15) is 0 Å². The molecule has 5 nitrogen and oxygen atoms in total. The van der Waals surface area contributed by atoms with Crippen LogP contribution >= 0.6 is 23.2 Å². The number of hydrogen-bond donors (Lipinski definition) is 1. The van der Waals surface area contributed by atoms with Crippen LogP contribution in [-0.4, -0.2) is 18.5 Å². The van der Waals surface area contributed by atoms with Crippen molar-refractivity contribution in [3.8, 4) is 16.9 Å². The molecule has 2 heterocycles. The molecule has 3 rings (SSSR count). The fraction of sp³-hybridized carbons (Fsp3) is 0.176. The quantitative estimate of drug-likeness (QED) is 0.693. The summed E-state index contributed by atoms with van der Waals surface area (Å²) in [5.41, 5.74) is 6.53. The van der Waals surface area contributed by atoms with E-state index in [1.54, 1.807) is 19.5 Å². The van der Waals surface area contributed by atoms with Crippen molar-refractivity contribution in [2.24, 2.45) is 5.73 Å². The molecule has 0 atom stereocenters. The summed E-state index contributed by atoms with van der Waals surface area (Å²) in [6.45, 7) is 2.04. The standard InChI is InChI=1S/C16H13Cl2NO2.CH3NO/c1-3-9-6-11-10(4-5-14(20-2)16(11)21-9)15-12(17)7-19-8-13(15)18;2-1-3/h4-8H,3H2,1-2H3;1H,(H2,2,3). The maximum atomic E-state index is 8.58. The summed E-state index contributed by atoms with van der Waals surface area (Å²) in [5, 5.41) is 1.95. The molecule has 0 aliphatic heterocycles. The second kappa shape index (κ2) is 8.04. The first-order valence-electron chi connectivity index (χ1n) is 7.11. The average molecular weight is 367 g/mol. The van der Waals surface area contributed by atoms with Crippen molar-refractivity contribution in [1.29, 1.82) is 0 Å². The molecule has 0 saturated carbocycles. The van der Waals surface area contributed by atoms with Crippen LogP contribution in [0.2, 0.25) is 10.0 Å². The van der Waals surface area contributed by atoms with Gasteiger partial charge in [0.25, 0.3) is 0 Å². The van der Waals surface area contributed by atoms with Crippen LogP contribution in [0.4, 0.5) is 0 Å². The van der Waals surface area contributed by atoms with Crippen molar-refractivity contribution in [3.63, 3.8) is 0 Å². The van der Waals surface area contributed by atoms with Gasteiger partial charge in [-0.15, -0.1) is 0 Å². The number of nitrogens with two attached hydrogens (primary N) is 1. The number of nitrogens with zero attached hydrogens (tertiary/aromatic N) is 1. The van der Waals surface area contributed by atoms with E-state index in [0.717, 1.165) is 28.7 Å². The zero-order chi connectivity index (χ0) is 17.7. The summed E-state index contributed by atoms with van der Waals surface area (Å²) in [6, 6.07) is 5.79. The maximum absolute atomic E-state index is 8.58. The second-order valence-corrected chi connectivity index (χ2v) is 5.55. The number of aromatic nitrogens is 1. The smallest absolute Gasteiger partial charge is 0.204 e. The molecule has 0 bridgehead atoms. The van der Waals surface area contributed by atoms with Gasteiger partial charge in [0.05, 0.1) is 17.2 Å². The van der Waals surface area contributed by atoms with E-state index in [2.05, 4.69) is 10.7 Å². The van der Waals surface area contributed by atoms with E-state index >= 15 is 0 Å². The van der Waals surface area contributed by atoms with E-state index in [9.17, 15) is 0 Å². The minimum atomic E-state index is 0.250. The normalized spacial score (nSPS) is 10.2. The monoisotopic (exact) mass is 366 g/mol. The third-order valence-corrected chi connectivity index (χ3v) is 3.96. The fourth-order valence-electron chi connectivity index (χ4n) is 2.37. The molecule has 1 aromatic carbocycles. The highest BCUT2D eigenvalue weighted by molar-refractivity contribution is 6.39.